The van der Waals surface area contributed by atoms with Gasteiger partial charge in [-0.25, -0.2) is 9.18 Å². The Morgan fingerprint density at radius 2 is 2.00 bits per heavy atom. The SMILES string of the molecule is Nc1ccn(-c2ccc(CN3CC[C@H](N)[C@@H](F)C3)cc2)c(=O)n1. The molecule has 1 aliphatic rings. The van der Waals surface area contributed by atoms with Gasteiger partial charge in [0.2, 0.25) is 0 Å². The molecule has 0 amide bonds. The average molecular weight is 317 g/mol. The number of benzene rings is 1. The Morgan fingerprint density at radius 1 is 1.26 bits per heavy atom. The van der Waals surface area contributed by atoms with Gasteiger partial charge in [0.15, 0.2) is 0 Å². The minimum atomic E-state index is -0.970. The number of alkyl halides is 1. The normalized spacial score (nSPS) is 22.2. The van der Waals surface area contributed by atoms with Crippen molar-refractivity contribution in [2.45, 2.75) is 25.2 Å². The molecule has 0 spiro atoms. The highest BCUT2D eigenvalue weighted by molar-refractivity contribution is 5.36. The van der Waals surface area contributed by atoms with Crippen LogP contribution in [-0.2, 0) is 6.54 Å². The highest BCUT2D eigenvalue weighted by Gasteiger charge is 2.26. The summed E-state index contributed by atoms with van der Waals surface area (Å²) in [7, 11) is 0. The molecular weight excluding hydrogens is 297 g/mol. The van der Waals surface area contributed by atoms with Crippen LogP contribution in [0, 0.1) is 0 Å². The Morgan fingerprint density at radius 3 is 2.65 bits per heavy atom. The number of likely N-dealkylation sites (tertiary alicyclic amines) is 1. The van der Waals surface area contributed by atoms with Crippen LogP contribution < -0.4 is 17.2 Å². The molecule has 0 bridgehead atoms. The topological polar surface area (TPSA) is 90.2 Å². The minimum Gasteiger partial charge on any atom is -0.383 e. The molecule has 1 saturated heterocycles. The molecule has 6 nitrogen and oxygen atoms in total. The van der Waals surface area contributed by atoms with Gasteiger partial charge in [-0.05, 0) is 30.2 Å². The van der Waals surface area contributed by atoms with E-state index >= 15 is 0 Å². The van der Waals surface area contributed by atoms with E-state index in [-0.39, 0.29) is 11.9 Å². The molecule has 1 aromatic heterocycles. The Bertz CT molecular complexity index is 730. The average Bonchev–Trinajstić information content (AvgIpc) is 2.52. The first kappa shape index (κ1) is 15.6. The second kappa shape index (κ2) is 6.47. The lowest BCUT2D eigenvalue weighted by Gasteiger charge is -2.32. The molecule has 122 valence electrons. The third-order valence-corrected chi connectivity index (χ3v) is 4.12. The standard InChI is InChI=1S/C16H20FN5O/c17-13-10-21(7-5-14(13)18)9-11-1-3-12(4-2-11)22-8-6-15(19)20-16(22)23/h1-4,6,8,13-14H,5,7,9-10,18H2,(H2,19,20,23)/t13-,14-/m0/s1. The van der Waals surface area contributed by atoms with Gasteiger partial charge in [0.25, 0.3) is 0 Å². The monoisotopic (exact) mass is 317 g/mol. The fraction of sp³-hybridized carbons (Fsp3) is 0.375. The molecule has 0 unspecified atom stereocenters. The van der Waals surface area contributed by atoms with Crippen LogP contribution >= 0.6 is 0 Å². The maximum absolute atomic E-state index is 13.7. The van der Waals surface area contributed by atoms with Gasteiger partial charge in [-0.2, -0.15) is 4.98 Å². The lowest BCUT2D eigenvalue weighted by molar-refractivity contribution is 0.114. The maximum atomic E-state index is 13.7. The third-order valence-electron chi connectivity index (χ3n) is 4.12. The molecule has 4 N–H and O–H groups in total. The highest BCUT2D eigenvalue weighted by atomic mass is 19.1. The molecule has 1 aromatic carbocycles. The minimum absolute atomic E-state index is 0.201. The molecule has 2 heterocycles. The Kier molecular flexibility index (Phi) is 4.40. The Labute approximate surface area is 133 Å². The first-order valence-corrected chi connectivity index (χ1v) is 7.59. The lowest BCUT2D eigenvalue weighted by atomic mass is 10.0. The van der Waals surface area contributed by atoms with Crippen LogP contribution in [0.3, 0.4) is 0 Å². The van der Waals surface area contributed by atoms with E-state index < -0.39 is 11.9 Å². The summed E-state index contributed by atoms with van der Waals surface area (Å²) in [6, 6.07) is 8.78. The zero-order chi connectivity index (χ0) is 16.4. The number of aromatic nitrogens is 2. The van der Waals surface area contributed by atoms with E-state index in [2.05, 4.69) is 9.88 Å². The molecule has 0 aliphatic carbocycles. The molecule has 0 radical (unpaired) electrons. The lowest BCUT2D eigenvalue weighted by Crippen LogP contribution is -2.48. The zero-order valence-electron chi connectivity index (χ0n) is 12.7. The van der Waals surface area contributed by atoms with Gasteiger partial charge >= 0.3 is 5.69 Å². The summed E-state index contributed by atoms with van der Waals surface area (Å²) in [5.41, 5.74) is 12.5. The molecule has 2 atom stereocenters. The van der Waals surface area contributed by atoms with Gasteiger partial charge in [-0.15, -0.1) is 0 Å². The molecule has 2 aromatic rings. The summed E-state index contributed by atoms with van der Waals surface area (Å²) < 4.78 is 15.1. The predicted octanol–water partition coefficient (Wildman–Crippen LogP) is 0.686. The number of hydrogen-bond donors (Lipinski definition) is 2. The molecule has 7 heteroatoms. The molecule has 0 saturated carbocycles. The van der Waals surface area contributed by atoms with Gasteiger partial charge in [-0.1, -0.05) is 12.1 Å². The zero-order valence-corrected chi connectivity index (χ0v) is 12.7. The van der Waals surface area contributed by atoms with E-state index in [0.717, 1.165) is 17.8 Å². The molecular formula is C16H20FN5O. The van der Waals surface area contributed by atoms with Crippen LogP contribution in [0.1, 0.15) is 12.0 Å². The highest BCUT2D eigenvalue weighted by Crippen LogP contribution is 2.16. The summed E-state index contributed by atoms with van der Waals surface area (Å²) in [6.07, 6.45) is 1.30. The van der Waals surface area contributed by atoms with Gasteiger partial charge in [-0.3, -0.25) is 9.47 Å². The summed E-state index contributed by atoms with van der Waals surface area (Å²) in [4.78, 5) is 17.6. The number of rotatable bonds is 3. The smallest absolute Gasteiger partial charge is 0.354 e. The first-order chi connectivity index (χ1) is 11.0. The van der Waals surface area contributed by atoms with Crippen LogP contribution in [0.15, 0.2) is 41.3 Å². The second-order valence-electron chi connectivity index (χ2n) is 5.88. The number of halogens is 1. The predicted molar refractivity (Wildman–Crippen MR) is 87.0 cm³/mol. The van der Waals surface area contributed by atoms with Crippen LogP contribution in [0.4, 0.5) is 10.2 Å². The van der Waals surface area contributed by atoms with E-state index in [0.29, 0.717) is 19.5 Å². The van der Waals surface area contributed by atoms with Crippen LogP contribution in [-0.4, -0.2) is 39.8 Å². The summed E-state index contributed by atoms with van der Waals surface area (Å²) in [6.45, 7) is 1.83. The van der Waals surface area contributed by atoms with Crippen molar-refractivity contribution in [3.8, 4) is 5.69 Å². The maximum Gasteiger partial charge on any atom is 0.354 e. The quantitative estimate of drug-likeness (QED) is 0.869. The van der Waals surface area contributed by atoms with Crippen molar-refractivity contribution < 1.29 is 4.39 Å². The Balaban J connectivity index is 1.71. The fourth-order valence-corrected chi connectivity index (χ4v) is 2.76. The summed E-state index contributed by atoms with van der Waals surface area (Å²) >= 11 is 0. The number of nitrogens with two attached hydrogens (primary N) is 2. The first-order valence-electron chi connectivity index (χ1n) is 7.59. The number of nitrogens with zero attached hydrogens (tertiary/aromatic N) is 3. The van der Waals surface area contributed by atoms with E-state index in [1.165, 1.54) is 4.57 Å². The van der Waals surface area contributed by atoms with Gasteiger partial charge in [0.1, 0.15) is 12.0 Å². The van der Waals surface area contributed by atoms with Gasteiger partial charge in [0, 0.05) is 31.9 Å². The molecule has 1 aliphatic heterocycles. The van der Waals surface area contributed by atoms with E-state index in [4.69, 9.17) is 11.5 Å². The summed E-state index contributed by atoms with van der Waals surface area (Å²) in [5, 5.41) is 0. The fourth-order valence-electron chi connectivity index (χ4n) is 2.76. The number of anilines is 1. The van der Waals surface area contributed by atoms with Crippen molar-refractivity contribution in [2.75, 3.05) is 18.8 Å². The van der Waals surface area contributed by atoms with E-state index in [1.807, 2.05) is 24.3 Å². The van der Waals surface area contributed by atoms with Crippen molar-refractivity contribution in [1.82, 2.24) is 14.5 Å². The number of nitrogen functional groups attached to an aromatic ring is 1. The van der Waals surface area contributed by atoms with Crippen molar-refractivity contribution in [2.24, 2.45) is 5.73 Å². The van der Waals surface area contributed by atoms with Crippen LogP contribution in [0.25, 0.3) is 5.69 Å². The summed E-state index contributed by atoms with van der Waals surface area (Å²) in [5.74, 6) is 0.201. The van der Waals surface area contributed by atoms with Gasteiger partial charge in [0.05, 0.1) is 5.69 Å². The van der Waals surface area contributed by atoms with E-state index in [1.54, 1.807) is 12.3 Å². The molecule has 1 fully saturated rings. The van der Waals surface area contributed by atoms with E-state index in [9.17, 15) is 9.18 Å². The third kappa shape index (κ3) is 3.57. The Hall–Kier alpha value is -2.25. The van der Waals surface area contributed by atoms with Crippen LogP contribution in [0.5, 0.6) is 0 Å². The van der Waals surface area contributed by atoms with Crippen molar-refractivity contribution >= 4 is 5.82 Å². The van der Waals surface area contributed by atoms with Crippen molar-refractivity contribution in [1.29, 1.82) is 0 Å². The largest absolute Gasteiger partial charge is 0.383 e. The van der Waals surface area contributed by atoms with Crippen LogP contribution in [0.2, 0.25) is 0 Å². The molecule has 23 heavy (non-hydrogen) atoms. The number of piperidine rings is 1. The van der Waals surface area contributed by atoms with Gasteiger partial charge < -0.3 is 11.5 Å². The molecule has 3 rings (SSSR count). The van der Waals surface area contributed by atoms with Crippen molar-refractivity contribution in [3.05, 3.63) is 52.6 Å². The number of hydrogen-bond acceptors (Lipinski definition) is 5. The van der Waals surface area contributed by atoms with Crippen molar-refractivity contribution in [3.63, 3.8) is 0 Å². The second-order valence-corrected chi connectivity index (χ2v) is 5.88.